The molecule has 0 aromatic heterocycles. The van der Waals surface area contributed by atoms with E-state index in [4.69, 9.17) is 4.74 Å². The second-order valence-corrected chi connectivity index (χ2v) is 5.60. The van der Waals surface area contributed by atoms with Crippen LogP contribution in [0.4, 0.5) is 4.39 Å². The number of allylic oxidation sites excluding steroid dienone is 1. The van der Waals surface area contributed by atoms with Gasteiger partial charge in [-0.2, -0.15) is 0 Å². The van der Waals surface area contributed by atoms with Gasteiger partial charge in [-0.15, -0.1) is 0 Å². The van der Waals surface area contributed by atoms with E-state index in [-0.39, 0.29) is 24.2 Å². The van der Waals surface area contributed by atoms with Crippen molar-refractivity contribution in [3.05, 3.63) is 11.4 Å². The highest BCUT2D eigenvalue weighted by atomic mass is 31.1. The van der Waals surface area contributed by atoms with Gasteiger partial charge in [-0.25, -0.2) is 4.39 Å². The highest BCUT2D eigenvalue weighted by molar-refractivity contribution is 7.44. The summed E-state index contributed by atoms with van der Waals surface area (Å²) in [5.74, 6) is -0.0961. The molecule has 1 rings (SSSR count). The molecule has 0 bridgehead atoms. The lowest BCUT2D eigenvalue weighted by Crippen LogP contribution is -2.11. The van der Waals surface area contributed by atoms with Crippen molar-refractivity contribution in [3.63, 3.8) is 0 Å². The van der Waals surface area contributed by atoms with Crippen LogP contribution in [0.5, 0.6) is 0 Å². The lowest BCUT2D eigenvalue weighted by molar-refractivity contribution is 0.109. The van der Waals surface area contributed by atoms with Crippen LogP contribution in [0.25, 0.3) is 0 Å². The summed E-state index contributed by atoms with van der Waals surface area (Å²) in [4.78, 5) is 0. The van der Waals surface area contributed by atoms with Gasteiger partial charge in [-0.05, 0) is 25.8 Å². The quantitative estimate of drug-likeness (QED) is 0.677. The second-order valence-electron chi connectivity index (χ2n) is 3.75. The first-order chi connectivity index (χ1) is 6.56. The Hall–Kier alpha value is -0.270. The maximum absolute atomic E-state index is 13.3. The van der Waals surface area contributed by atoms with Crippen molar-refractivity contribution < 1.29 is 13.7 Å². The van der Waals surface area contributed by atoms with Crippen LogP contribution < -0.4 is 0 Å². The van der Waals surface area contributed by atoms with Gasteiger partial charge in [0.25, 0.3) is 0 Å². The minimum absolute atomic E-state index is 0.0421. The molecular formula is C10H17FO2P+. The monoisotopic (exact) mass is 219 g/mol. The average molecular weight is 219 g/mol. The predicted octanol–water partition coefficient (Wildman–Crippen LogP) is 3.46. The summed E-state index contributed by atoms with van der Waals surface area (Å²) in [6.07, 6.45) is 1.41. The molecule has 0 fully saturated rings. The van der Waals surface area contributed by atoms with Gasteiger partial charge in [0, 0.05) is 5.92 Å². The molecule has 0 aliphatic heterocycles. The molecule has 0 heterocycles. The molecule has 3 atom stereocenters. The molecule has 0 radical (unpaired) electrons. The number of rotatable bonds is 4. The SMILES string of the molecule is CC[P+](=O)COC1C[C@@H](C)C(F)=C1C. The Bertz CT molecular complexity index is 263. The van der Waals surface area contributed by atoms with Crippen molar-refractivity contribution in [2.75, 3.05) is 12.5 Å². The summed E-state index contributed by atoms with van der Waals surface area (Å²) in [6, 6.07) is 0. The van der Waals surface area contributed by atoms with Gasteiger partial charge in [0.15, 0.2) is 0 Å². The van der Waals surface area contributed by atoms with Gasteiger partial charge in [0.2, 0.25) is 6.35 Å². The fourth-order valence-corrected chi connectivity index (χ4v) is 2.13. The molecule has 0 saturated heterocycles. The first-order valence-electron chi connectivity index (χ1n) is 4.96. The molecule has 2 unspecified atom stereocenters. The van der Waals surface area contributed by atoms with Crippen LogP contribution in [-0.4, -0.2) is 18.6 Å². The third kappa shape index (κ3) is 2.61. The van der Waals surface area contributed by atoms with Gasteiger partial charge in [0.05, 0.1) is 6.10 Å². The molecule has 0 amide bonds. The zero-order valence-corrected chi connectivity index (χ0v) is 9.81. The number of ether oxygens (including phenoxy) is 1. The van der Waals surface area contributed by atoms with Crippen LogP contribution in [0.2, 0.25) is 0 Å². The highest BCUT2D eigenvalue weighted by Crippen LogP contribution is 2.35. The van der Waals surface area contributed by atoms with Gasteiger partial charge in [0.1, 0.15) is 12.0 Å². The fraction of sp³-hybridized carbons (Fsp3) is 0.800. The Morgan fingerprint density at radius 2 is 2.29 bits per heavy atom. The van der Waals surface area contributed by atoms with Crippen molar-refractivity contribution >= 4 is 7.80 Å². The number of hydrogen-bond acceptors (Lipinski definition) is 2. The van der Waals surface area contributed by atoms with Crippen LogP contribution >= 0.6 is 7.80 Å². The van der Waals surface area contributed by atoms with Crippen molar-refractivity contribution in [1.82, 2.24) is 0 Å². The van der Waals surface area contributed by atoms with E-state index in [1.54, 1.807) is 6.92 Å². The molecule has 0 saturated carbocycles. The minimum atomic E-state index is -1.26. The Morgan fingerprint density at radius 3 is 2.71 bits per heavy atom. The second kappa shape index (κ2) is 4.99. The standard InChI is InChI=1S/C10H17FO2P/c1-4-14(12)6-13-9-5-7(2)10(11)8(9)3/h7,9H,4-6H2,1-3H3/q+1/t7-,9?/m1/s1. The van der Waals surface area contributed by atoms with Crippen LogP contribution in [-0.2, 0) is 9.30 Å². The lowest BCUT2D eigenvalue weighted by Gasteiger charge is -2.09. The first kappa shape index (κ1) is 11.8. The predicted molar refractivity (Wildman–Crippen MR) is 55.5 cm³/mol. The van der Waals surface area contributed by atoms with Gasteiger partial charge in [-0.3, -0.25) is 0 Å². The summed E-state index contributed by atoms with van der Waals surface area (Å²) in [5, 5.41) is 0. The fourth-order valence-electron chi connectivity index (χ4n) is 1.60. The Morgan fingerprint density at radius 1 is 1.64 bits per heavy atom. The molecule has 2 nitrogen and oxygen atoms in total. The van der Waals surface area contributed by atoms with Gasteiger partial charge < -0.3 is 4.74 Å². The first-order valence-corrected chi connectivity index (χ1v) is 6.59. The maximum Gasteiger partial charge on any atom is 0.366 e. The smallest absolute Gasteiger partial charge is 0.329 e. The third-order valence-electron chi connectivity index (χ3n) is 2.63. The largest absolute Gasteiger partial charge is 0.366 e. The summed E-state index contributed by atoms with van der Waals surface area (Å²) >= 11 is 0. The molecule has 80 valence electrons. The summed E-state index contributed by atoms with van der Waals surface area (Å²) < 4.78 is 29.9. The lowest BCUT2D eigenvalue weighted by atomic mass is 10.1. The van der Waals surface area contributed by atoms with Crippen molar-refractivity contribution in [1.29, 1.82) is 0 Å². The molecule has 0 spiro atoms. The molecule has 0 aromatic rings. The van der Waals surface area contributed by atoms with Gasteiger partial charge in [-0.1, -0.05) is 11.5 Å². The Balaban J connectivity index is 2.45. The minimum Gasteiger partial charge on any atom is -0.329 e. The van der Waals surface area contributed by atoms with Crippen LogP contribution in [0.15, 0.2) is 11.4 Å². The van der Waals surface area contributed by atoms with Crippen LogP contribution in [0.3, 0.4) is 0 Å². The summed E-state index contributed by atoms with van der Waals surface area (Å²) in [6.45, 7) is 5.47. The van der Waals surface area contributed by atoms with Crippen molar-refractivity contribution in [2.24, 2.45) is 5.92 Å². The van der Waals surface area contributed by atoms with E-state index < -0.39 is 7.80 Å². The zero-order valence-electron chi connectivity index (χ0n) is 8.92. The summed E-state index contributed by atoms with van der Waals surface area (Å²) in [7, 11) is -1.26. The number of hydrogen-bond donors (Lipinski definition) is 0. The molecule has 0 N–H and O–H groups in total. The van der Waals surface area contributed by atoms with E-state index in [1.165, 1.54) is 0 Å². The molecule has 4 heteroatoms. The van der Waals surface area contributed by atoms with E-state index in [9.17, 15) is 8.96 Å². The zero-order chi connectivity index (χ0) is 10.7. The highest BCUT2D eigenvalue weighted by Gasteiger charge is 2.31. The third-order valence-corrected chi connectivity index (χ3v) is 3.77. The van der Waals surface area contributed by atoms with E-state index in [2.05, 4.69) is 0 Å². The molecule has 14 heavy (non-hydrogen) atoms. The van der Waals surface area contributed by atoms with Gasteiger partial charge >= 0.3 is 7.80 Å². The molecule has 1 aliphatic rings. The molecular weight excluding hydrogens is 202 g/mol. The van der Waals surface area contributed by atoms with Crippen molar-refractivity contribution in [3.8, 4) is 0 Å². The topological polar surface area (TPSA) is 26.3 Å². The normalized spacial score (nSPS) is 28.4. The Labute approximate surface area is 85.3 Å². The van der Waals surface area contributed by atoms with Crippen molar-refractivity contribution in [2.45, 2.75) is 33.3 Å². The average Bonchev–Trinajstić information content (AvgIpc) is 2.42. The van der Waals surface area contributed by atoms with E-state index in [0.29, 0.717) is 18.2 Å². The number of halogens is 1. The van der Waals surface area contributed by atoms with E-state index in [0.717, 1.165) is 0 Å². The molecule has 0 aromatic carbocycles. The summed E-state index contributed by atoms with van der Waals surface area (Å²) in [5.41, 5.74) is 0.678. The Kier molecular flexibility index (Phi) is 4.21. The van der Waals surface area contributed by atoms with E-state index >= 15 is 0 Å². The van der Waals surface area contributed by atoms with Crippen LogP contribution in [0, 0.1) is 5.92 Å². The maximum atomic E-state index is 13.3. The van der Waals surface area contributed by atoms with Crippen LogP contribution in [0.1, 0.15) is 27.2 Å². The molecule has 1 aliphatic carbocycles. The van der Waals surface area contributed by atoms with E-state index in [1.807, 2.05) is 13.8 Å².